The molecule has 3 nitrogen and oxygen atoms in total. The molecule has 0 heterocycles. The van der Waals surface area contributed by atoms with Crippen molar-refractivity contribution in [3.63, 3.8) is 0 Å². The fraction of sp³-hybridized carbons (Fsp3) is 0.0625. The van der Waals surface area contributed by atoms with Crippen LogP contribution in [0.5, 0.6) is 5.75 Å². The summed E-state index contributed by atoms with van der Waals surface area (Å²) in [4.78, 5) is 10.6. The van der Waals surface area contributed by atoms with E-state index < -0.39 is 5.97 Å². The minimum atomic E-state index is -1.04. The number of halogens is 2. The molecule has 0 saturated heterocycles. The van der Waals surface area contributed by atoms with Gasteiger partial charge < -0.3 is 9.84 Å². The maximum atomic E-state index is 10.6. The minimum absolute atomic E-state index is 0.287. The molecule has 0 bridgehead atoms. The van der Waals surface area contributed by atoms with E-state index in [-0.39, 0.29) is 6.61 Å². The summed E-state index contributed by atoms with van der Waals surface area (Å²) in [5.74, 6) is -0.496. The smallest absolute Gasteiger partial charge is 0.328 e. The summed E-state index contributed by atoms with van der Waals surface area (Å²) in [6, 6.07) is 12.4. The largest absolute Gasteiger partial charge is 0.488 e. The Hall–Kier alpha value is -1.97. The molecule has 0 aliphatic heterocycles. The average Bonchev–Trinajstić information content (AvgIpc) is 2.45. The van der Waals surface area contributed by atoms with E-state index in [4.69, 9.17) is 33.0 Å². The fourth-order valence-corrected chi connectivity index (χ4v) is 2.08. The van der Waals surface area contributed by atoms with Crippen LogP contribution in [0.1, 0.15) is 11.1 Å². The van der Waals surface area contributed by atoms with Gasteiger partial charge in [-0.25, -0.2) is 4.79 Å². The Morgan fingerprint density at radius 2 is 1.95 bits per heavy atom. The molecule has 2 aromatic rings. The number of carboxylic acids is 1. The van der Waals surface area contributed by atoms with Crippen molar-refractivity contribution < 1.29 is 14.6 Å². The maximum absolute atomic E-state index is 10.6. The predicted molar refractivity (Wildman–Crippen MR) is 83.9 cm³/mol. The van der Waals surface area contributed by atoms with Crippen molar-refractivity contribution in [1.29, 1.82) is 0 Å². The first-order chi connectivity index (χ1) is 10.1. The number of carbonyl (C=O) groups is 1. The summed E-state index contributed by atoms with van der Waals surface area (Å²) in [7, 11) is 0. The molecule has 108 valence electrons. The number of hydrogen-bond acceptors (Lipinski definition) is 2. The van der Waals surface area contributed by atoms with E-state index in [1.54, 1.807) is 24.3 Å². The first kappa shape index (κ1) is 15.4. The van der Waals surface area contributed by atoms with Crippen molar-refractivity contribution in [2.24, 2.45) is 0 Å². The van der Waals surface area contributed by atoms with Crippen LogP contribution in [0.4, 0.5) is 0 Å². The quantitative estimate of drug-likeness (QED) is 0.813. The van der Waals surface area contributed by atoms with Gasteiger partial charge in [0.25, 0.3) is 0 Å². The van der Waals surface area contributed by atoms with Gasteiger partial charge in [0, 0.05) is 27.2 Å². The summed E-state index contributed by atoms with van der Waals surface area (Å²) in [6.07, 6.45) is 2.48. The van der Waals surface area contributed by atoms with Crippen molar-refractivity contribution in [1.82, 2.24) is 0 Å². The highest BCUT2D eigenvalue weighted by atomic mass is 35.5. The Labute approximate surface area is 132 Å². The van der Waals surface area contributed by atoms with Crippen molar-refractivity contribution in [2.45, 2.75) is 6.61 Å². The zero-order valence-corrected chi connectivity index (χ0v) is 12.4. The molecule has 5 heteroatoms. The molecule has 0 radical (unpaired) electrons. The number of ether oxygens (including phenoxy) is 1. The third-order valence-corrected chi connectivity index (χ3v) is 3.32. The molecule has 0 fully saturated rings. The molecular formula is C16H12Cl2O3. The number of aliphatic carboxylic acids is 1. The second kappa shape index (κ2) is 7.16. The van der Waals surface area contributed by atoms with E-state index in [0.29, 0.717) is 21.4 Å². The van der Waals surface area contributed by atoms with Gasteiger partial charge >= 0.3 is 5.97 Å². The van der Waals surface area contributed by atoms with Crippen LogP contribution in [-0.4, -0.2) is 11.1 Å². The summed E-state index contributed by atoms with van der Waals surface area (Å²) in [5.41, 5.74) is 1.44. The van der Waals surface area contributed by atoms with E-state index in [2.05, 4.69) is 0 Å². The summed E-state index contributed by atoms with van der Waals surface area (Å²) in [6.45, 7) is 0.287. The van der Waals surface area contributed by atoms with Crippen LogP contribution in [0.25, 0.3) is 6.08 Å². The van der Waals surface area contributed by atoms with Gasteiger partial charge in [0.1, 0.15) is 12.4 Å². The van der Waals surface area contributed by atoms with E-state index in [1.807, 2.05) is 18.2 Å². The molecule has 21 heavy (non-hydrogen) atoms. The molecule has 0 spiro atoms. The SMILES string of the molecule is O=C(O)C=Cc1cc(Cl)ccc1OCc1ccccc1Cl. The van der Waals surface area contributed by atoms with Crippen molar-refractivity contribution in [2.75, 3.05) is 0 Å². The molecular weight excluding hydrogens is 311 g/mol. The predicted octanol–water partition coefficient (Wildman–Crippen LogP) is 4.67. The normalized spacial score (nSPS) is 10.8. The molecule has 0 saturated carbocycles. The molecule has 0 amide bonds. The molecule has 0 aromatic heterocycles. The van der Waals surface area contributed by atoms with Crippen molar-refractivity contribution in [3.8, 4) is 5.75 Å². The lowest BCUT2D eigenvalue weighted by Gasteiger charge is -2.10. The van der Waals surface area contributed by atoms with E-state index in [9.17, 15) is 4.79 Å². The highest BCUT2D eigenvalue weighted by Crippen LogP contribution is 2.26. The Kier molecular flexibility index (Phi) is 5.26. The molecule has 0 atom stereocenters. The fourth-order valence-electron chi connectivity index (χ4n) is 1.71. The second-order valence-corrected chi connectivity index (χ2v) is 5.08. The third kappa shape index (κ3) is 4.52. The van der Waals surface area contributed by atoms with Gasteiger partial charge in [0.2, 0.25) is 0 Å². The first-order valence-electron chi connectivity index (χ1n) is 6.13. The summed E-state index contributed by atoms with van der Waals surface area (Å²) < 4.78 is 5.70. The molecule has 2 rings (SSSR count). The minimum Gasteiger partial charge on any atom is -0.488 e. The summed E-state index contributed by atoms with van der Waals surface area (Å²) >= 11 is 12.0. The van der Waals surface area contributed by atoms with E-state index in [0.717, 1.165) is 11.6 Å². The van der Waals surface area contributed by atoms with Crippen LogP contribution in [0.2, 0.25) is 10.0 Å². The Morgan fingerprint density at radius 1 is 1.19 bits per heavy atom. The van der Waals surface area contributed by atoms with Crippen LogP contribution < -0.4 is 4.74 Å². The Bertz CT molecular complexity index is 681. The molecule has 0 aliphatic rings. The number of benzene rings is 2. The van der Waals surface area contributed by atoms with Crippen molar-refractivity contribution in [3.05, 3.63) is 69.7 Å². The molecule has 0 aliphatic carbocycles. The number of rotatable bonds is 5. The number of hydrogen-bond donors (Lipinski definition) is 1. The molecule has 1 N–H and O–H groups in total. The van der Waals surface area contributed by atoms with E-state index >= 15 is 0 Å². The van der Waals surface area contributed by atoms with Gasteiger partial charge in [-0.3, -0.25) is 0 Å². The van der Waals surface area contributed by atoms with Crippen LogP contribution in [0.3, 0.4) is 0 Å². The van der Waals surface area contributed by atoms with Gasteiger partial charge in [-0.05, 0) is 30.3 Å². The Balaban J connectivity index is 2.20. The lowest BCUT2D eigenvalue weighted by molar-refractivity contribution is -0.131. The number of carboxylic acid groups (broad SMARTS) is 1. The molecule has 2 aromatic carbocycles. The van der Waals surface area contributed by atoms with E-state index in [1.165, 1.54) is 6.08 Å². The highest BCUT2D eigenvalue weighted by Gasteiger charge is 2.05. The summed E-state index contributed by atoms with van der Waals surface area (Å²) in [5, 5.41) is 9.83. The lowest BCUT2D eigenvalue weighted by atomic mass is 10.2. The highest BCUT2D eigenvalue weighted by molar-refractivity contribution is 6.31. The van der Waals surface area contributed by atoms with Crippen molar-refractivity contribution >= 4 is 35.2 Å². The van der Waals surface area contributed by atoms with Gasteiger partial charge in [0.15, 0.2) is 0 Å². The first-order valence-corrected chi connectivity index (χ1v) is 6.88. The maximum Gasteiger partial charge on any atom is 0.328 e. The van der Waals surface area contributed by atoms with Crippen LogP contribution in [0.15, 0.2) is 48.5 Å². The second-order valence-electron chi connectivity index (χ2n) is 4.23. The van der Waals surface area contributed by atoms with Crippen LogP contribution in [0, 0.1) is 0 Å². The zero-order valence-electron chi connectivity index (χ0n) is 10.9. The van der Waals surface area contributed by atoms with Crippen LogP contribution >= 0.6 is 23.2 Å². The standard InChI is InChI=1S/C16H12Cl2O3/c17-13-6-7-15(11(9-13)5-8-16(19)20)21-10-12-3-1-2-4-14(12)18/h1-9H,10H2,(H,19,20). The Morgan fingerprint density at radius 3 is 2.67 bits per heavy atom. The van der Waals surface area contributed by atoms with Gasteiger partial charge in [-0.15, -0.1) is 0 Å². The zero-order chi connectivity index (χ0) is 15.2. The van der Waals surface area contributed by atoms with Crippen LogP contribution in [-0.2, 0) is 11.4 Å². The third-order valence-electron chi connectivity index (χ3n) is 2.72. The monoisotopic (exact) mass is 322 g/mol. The van der Waals surface area contributed by atoms with Gasteiger partial charge in [0.05, 0.1) is 0 Å². The average molecular weight is 323 g/mol. The van der Waals surface area contributed by atoms with Gasteiger partial charge in [-0.2, -0.15) is 0 Å². The van der Waals surface area contributed by atoms with Gasteiger partial charge in [-0.1, -0.05) is 41.4 Å². The topological polar surface area (TPSA) is 46.5 Å². The molecule has 0 unspecified atom stereocenters. The lowest BCUT2D eigenvalue weighted by Crippen LogP contribution is -1.98.